The van der Waals surface area contributed by atoms with E-state index in [2.05, 4.69) is 22.0 Å². The van der Waals surface area contributed by atoms with Crippen molar-refractivity contribution in [3.63, 3.8) is 0 Å². The van der Waals surface area contributed by atoms with Gasteiger partial charge in [0, 0.05) is 43.4 Å². The summed E-state index contributed by atoms with van der Waals surface area (Å²) in [5.41, 5.74) is 3.28. The zero-order chi connectivity index (χ0) is 22.6. The quantitative estimate of drug-likeness (QED) is 0.654. The van der Waals surface area contributed by atoms with Gasteiger partial charge in [-0.05, 0) is 55.7 Å². The minimum Gasteiger partial charge on any atom is -0.369 e. The smallest absolute Gasteiger partial charge is 0.238 e. The molecule has 0 unspecified atom stereocenters. The first-order chi connectivity index (χ1) is 14.6. The Bertz CT molecular complexity index is 1020. The summed E-state index contributed by atoms with van der Waals surface area (Å²) in [5, 5.41) is 8.82. The van der Waals surface area contributed by atoms with Crippen LogP contribution in [0.25, 0.3) is 0 Å². The molecule has 7 nitrogen and oxygen atoms in total. The fourth-order valence-corrected chi connectivity index (χ4v) is 4.44. The lowest BCUT2D eigenvalue weighted by atomic mass is 10.1. The van der Waals surface area contributed by atoms with Crippen molar-refractivity contribution in [2.75, 3.05) is 37.6 Å². The molecule has 0 bridgehead atoms. The first-order valence-electron chi connectivity index (χ1n) is 10.3. The van der Waals surface area contributed by atoms with Gasteiger partial charge >= 0.3 is 0 Å². The highest BCUT2D eigenvalue weighted by atomic mass is 35.5. The van der Waals surface area contributed by atoms with E-state index in [1.807, 2.05) is 25.1 Å². The van der Waals surface area contributed by atoms with E-state index in [1.54, 1.807) is 12.1 Å². The average Bonchev–Trinajstić information content (AvgIpc) is 2.74. The highest BCUT2D eigenvalue weighted by Gasteiger charge is 2.26. The number of rotatable bonds is 7. The van der Waals surface area contributed by atoms with Gasteiger partial charge < -0.3 is 10.2 Å². The van der Waals surface area contributed by atoms with E-state index in [-0.39, 0.29) is 16.8 Å². The zero-order valence-corrected chi connectivity index (χ0v) is 19.4. The van der Waals surface area contributed by atoms with Crippen molar-refractivity contribution < 1.29 is 13.2 Å². The number of hydrogen-bond donors (Lipinski definition) is 2. The van der Waals surface area contributed by atoms with E-state index in [4.69, 9.17) is 16.7 Å². The maximum atomic E-state index is 12.6. The minimum absolute atomic E-state index is 0.00598. The van der Waals surface area contributed by atoms with Crippen LogP contribution in [0, 0.1) is 6.92 Å². The number of halogens is 1. The molecule has 1 aliphatic rings. The first kappa shape index (κ1) is 23.5. The van der Waals surface area contributed by atoms with Gasteiger partial charge in [-0.15, -0.1) is 0 Å². The van der Waals surface area contributed by atoms with Crippen LogP contribution < -0.4 is 15.4 Å². The van der Waals surface area contributed by atoms with E-state index in [9.17, 15) is 13.2 Å². The monoisotopic (exact) mass is 464 g/mol. The van der Waals surface area contributed by atoms with Gasteiger partial charge in [0.2, 0.25) is 15.9 Å². The molecule has 0 spiro atoms. The van der Waals surface area contributed by atoms with Crippen LogP contribution in [-0.2, 0) is 21.2 Å². The van der Waals surface area contributed by atoms with Crippen LogP contribution in [0.4, 0.5) is 5.69 Å². The van der Waals surface area contributed by atoms with E-state index < -0.39 is 10.0 Å². The Morgan fingerprint density at radius 1 is 1.13 bits per heavy atom. The van der Waals surface area contributed by atoms with Crippen molar-refractivity contribution in [1.82, 2.24) is 10.2 Å². The number of carbonyl (C=O) groups is 1. The number of carbonyl (C=O) groups excluding carboxylic acids is 1. The number of nitrogens with one attached hydrogen (secondary N) is 1. The number of anilines is 1. The molecule has 3 rings (SSSR count). The predicted molar refractivity (Wildman–Crippen MR) is 124 cm³/mol. The molecule has 0 saturated carbocycles. The largest absolute Gasteiger partial charge is 0.369 e. The number of sulfonamides is 1. The lowest BCUT2D eigenvalue weighted by molar-refractivity contribution is -0.125. The third-order valence-corrected chi connectivity index (χ3v) is 6.88. The second kappa shape index (κ2) is 9.99. The Morgan fingerprint density at radius 2 is 1.77 bits per heavy atom. The molecule has 2 aromatic carbocycles. The van der Waals surface area contributed by atoms with Gasteiger partial charge in [-0.2, -0.15) is 0 Å². The van der Waals surface area contributed by atoms with Crippen LogP contribution in [0.2, 0.25) is 5.02 Å². The lowest BCUT2D eigenvalue weighted by Crippen LogP contribution is -2.54. The number of hydrogen-bond acceptors (Lipinski definition) is 5. The molecule has 168 valence electrons. The number of nitrogens with two attached hydrogens (primary N) is 1. The van der Waals surface area contributed by atoms with Gasteiger partial charge in [0.15, 0.2) is 0 Å². The van der Waals surface area contributed by atoms with Crippen LogP contribution in [0.1, 0.15) is 18.1 Å². The summed E-state index contributed by atoms with van der Waals surface area (Å²) >= 11 is 6.15. The number of nitrogens with zero attached hydrogens (tertiary/aromatic N) is 2. The molecule has 1 heterocycles. The Labute approximate surface area is 189 Å². The number of primary sulfonamides is 1. The van der Waals surface area contributed by atoms with Crippen LogP contribution in [0.3, 0.4) is 0 Å². The molecule has 1 aliphatic heterocycles. The topological polar surface area (TPSA) is 95.7 Å². The van der Waals surface area contributed by atoms with Crippen LogP contribution >= 0.6 is 11.6 Å². The molecule has 0 radical (unpaired) electrons. The summed E-state index contributed by atoms with van der Waals surface area (Å²) in [6.07, 6.45) is 0.616. The van der Waals surface area contributed by atoms with Gasteiger partial charge in [-0.1, -0.05) is 29.8 Å². The maximum absolute atomic E-state index is 12.6. The number of amides is 1. The second-order valence-electron chi connectivity index (χ2n) is 7.86. The van der Waals surface area contributed by atoms with E-state index >= 15 is 0 Å². The summed E-state index contributed by atoms with van der Waals surface area (Å²) in [7, 11) is -3.69. The first-order valence-corrected chi connectivity index (χ1v) is 12.2. The van der Waals surface area contributed by atoms with Crippen molar-refractivity contribution >= 4 is 33.2 Å². The lowest BCUT2D eigenvalue weighted by Gasteiger charge is -2.39. The standard InChI is InChI=1S/C22H29ClN4O3S/c1-16-3-6-19(23)15-21(16)27-13-11-26(12-14-27)17(2)22(28)25-10-9-18-4-7-20(8-5-18)31(24,29)30/h3-8,15,17H,9-14H2,1-2H3,(H,25,28)(H2,24,29,30)/t17-/m0/s1. The Kier molecular flexibility index (Phi) is 7.59. The van der Waals surface area contributed by atoms with Gasteiger partial charge in [0.1, 0.15) is 0 Å². The Morgan fingerprint density at radius 3 is 2.39 bits per heavy atom. The molecule has 1 amide bonds. The van der Waals surface area contributed by atoms with Gasteiger partial charge in [-0.25, -0.2) is 13.6 Å². The number of piperazine rings is 1. The highest BCUT2D eigenvalue weighted by molar-refractivity contribution is 7.89. The summed E-state index contributed by atoms with van der Waals surface area (Å²) < 4.78 is 22.6. The molecule has 2 aromatic rings. The molecule has 0 aromatic heterocycles. The third-order valence-electron chi connectivity index (χ3n) is 5.72. The second-order valence-corrected chi connectivity index (χ2v) is 9.86. The van der Waals surface area contributed by atoms with Gasteiger partial charge in [0.25, 0.3) is 0 Å². The van der Waals surface area contributed by atoms with E-state index in [1.165, 1.54) is 17.7 Å². The van der Waals surface area contributed by atoms with Crippen LogP contribution in [0.5, 0.6) is 0 Å². The summed E-state index contributed by atoms with van der Waals surface area (Å²) in [6.45, 7) is 7.78. The average molecular weight is 465 g/mol. The maximum Gasteiger partial charge on any atom is 0.238 e. The summed E-state index contributed by atoms with van der Waals surface area (Å²) in [5.74, 6) is -0.00598. The van der Waals surface area contributed by atoms with E-state index in [0.717, 1.165) is 42.5 Å². The van der Waals surface area contributed by atoms with Crippen molar-refractivity contribution in [3.8, 4) is 0 Å². The molecule has 31 heavy (non-hydrogen) atoms. The number of benzene rings is 2. The molecule has 0 aliphatic carbocycles. The van der Waals surface area contributed by atoms with Crippen molar-refractivity contribution in [2.24, 2.45) is 5.14 Å². The predicted octanol–water partition coefficient (Wildman–Crippen LogP) is 2.17. The molecule has 1 saturated heterocycles. The zero-order valence-electron chi connectivity index (χ0n) is 17.8. The van der Waals surface area contributed by atoms with Crippen LogP contribution in [-0.4, -0.2) is 58.0 Å². The fourth-order valence-electron chi connectivity index (χ4n) is 3.76. The molecule has 3 N–H and O–H groups in total. The molecular weight excluding hydrogens is 436 g/mol. The SMILES string of the molecule is Cc1ccc(Cl)cc1N1CCN([C@@H](C)C(=O)NCCc2ccc(S(N)(=O)=O)cc2)CC1. The summed E-state index contributed by atoms with van der Waals surface area (Å²) in [6, 6.07) is 12.1. The Hall–Kier alpha value is -2.13. The third kappa shape index (κ3) is 6.20. The summed E-state index contributed by atoms with van der Waals surface area (Å²) in [4.78, 5) is 17.2. The van der Waals surface area contributed by atoms with Crippen molar-refractivity contribution in [1.29, 1.82) is 0 Å². The molecule has 1 fully saturated rings. The van der Waals surface area contributed by atoms with Gasteiger partial charge in [0.05, 0.1) is 10.9 Å². The highest BCUT2D eigenvalue weighted by Crippen LogP contribution is 2.25. The van der Waals surface area contributed by atoms with E-state index in [0.29, 0.717) is 13.0 Å². The number of aryl methyl sites for hydroxylation is 1. The minimum atomic E-state index is -3.69. The fraction of sp³-hybridized carbons (Fsp3) is 0.409. The molecule has 9 heteroatoms. The Balaban J connectivity index is 1.46. The molecular formula is C22H29ClN4O3S. The van der Waals surface area contributed by atoms with Crippen molar-refractivity contribution in [3.05, 3.63) is 58.6 Å². The molecule has 1 atom stereocenters. The van der Waals surface area contributed by atoms with Crippen molar-refractivity contribution in [2.45, 2.75) is 31.2 Å². The van der Waals surface area contributed by atoms with Gasteiger partial charge in [-0.3, -0.25) is 9.69 Å². The van der Waals surface area contributed by atoms with Crippen LogP contribution in [0.15, 0.2) is 47.4 Å². The normalized spacial score (nSPS) is 16.2.